The number of carbonyl (C=O) groups is 1. The van der Waals surface area contributed by atoms with Crippen LogP contribution in [0.2, 0.25) is 0 Å². The van der Waals surface area contributed by atoms with E-state index in [0.717, 1.165) is 0 Å². The van der Waals surface area contributed by atoms with Crippen molar-refractivity contribution in [1.29, 1.82) is 0 Å². The van der Waals surface area contributed by atoms with Gasteiger partial charge in [0.2, 0.25) is 0 Å². The second-order valence-corrected chi connectivity index (χ2v) is 4.27. The van der Waals surface area contributed by atoms with E-state index in [0.29, 0.717) is 22.3 Å². The summed E-state index contributed by atoms with van der Waals surface area (Å²) in [6.45, 7) is 0. The molecule has 0 unspecified atom stereocenters. The van der Waals surface area contributed by atoms with Crippen molar-refractivity contribution in [2.45, 2.75) is 6.42 Å². The van der Waals surface area contributed by atoms with Crippen LogP contribution in [0.15, 0.2) is 41.6 Å². The summed E-state index contributed by atoms with van der Waals surface area (Å²) in [4.78, 5) is 28.9. The standard InChI is InChI=1S/C13H10N4O3/c18-11(19)5-8-2-1-3-9(4-8)17-12-10(6-16-17)13(20)15-7-14-12/h1-4,6-7H,5H2,(H,18,19)(H,14,15,20). The van der Waals surface area contributed by atoms with E-state index in [-0.39, 0.29) is 12.0 Å². The first kappa shape index (κ1) is 12.1. The summed E-state index contributed by atoms with van der Waals surface area (Å²) in [5.41, 5.74) is 1.49. The maximum atomic E-state index is 11.6. The van der Waals surface area contributed by atoms with Crippen molar-refractivity contribution in [1.82, 2.24) is 19.7 Å². The van der Waals surface area contributed by atoms with Crippen molar-refractivity contribution in [2.75, 3.05) is 0 Å². The quantitative estimate of drug-likeness (QED) is 0.730. The van der Waals surface area contributed by atoms with Crippen LogP contribution in [0.25, 0.3) is 16.7 Å². The number of aromatic amines is 1. The van der Waals surface area contributed by atoms with Crippen LogP contribution in [0.3, 0.4) is 0 Å². The molecule has 0 saturated carbocycles. The third-order valence-electron chi connectivity index (χ3n) is 2.88. The zero-order valence-corrected chi connectivity index (χ0v) is 10.3. The van der Waals surface area contributed by atoms with Gasteiger partial charge in [0.15, 0.2) is 5.65 Å². The minimum Gasteiger partial charge on any atom is -0.481 e. The van der Waals surface area contributed by atoms with E-state index < -0.39 is 5.97 Å². The van der Waals surface area contributed by atoms with Crippen molar-refractivity contribution in [3.63, 3.8) is 0 Å². The maximum Gasteiger partial charge on any atom is 0.307 e. The summed E-state index contributed by atoms with van der Waals surface area (Å²) in [7, 11) is 0. The SMILES string of the molecule is O=C(O)Cc1cccc(-n2ncc3c(=O)[nH]cnc32)c1. The van der Waals surface area contributed by atoms with Gasteiger partial charge in [0.1, 0.15) is 5.39 Å². The highest BCUT2D eigenvalue weighted by Crippen LogP contribution is 2.15. The first-order valence-electron chi connectivity index (χ1n) is 5.87. The van der Waals surface area contributed by atoms with Crippen molar-refractivity contribution in [3.05, 3.63) is 52.7 Å². The highest BCUT2D eigenvalue weighted by molar-refractivity contribution is 5.75. The lowest BCUT2D eigenvalue weighted by molar-refractivity contribution is -0.136. The number of carboxylic acid groups (broad SMARTS) is 1. The topological polar surface area (TPSA) is 101 Å². The first-order valence-corrected chi connectivity index (χ1v) is 5.87. The fourth-order valence-electron chi connectivity index (χ4n) is 2.02. The molecule has 0 spiro atoms. The fourth-order valence-corrected chi connectivity index (χ4v) is 2.02. The van der Waals surface area contributed by atoms with Crippen molar-refractivity contribution < 1.29 is 9.90 Å². The monoisotopic (exact) mass is 270 g/mol. The average Bonchev–Trinajstić information content (AvgIpc) is 2.83. The summed E-state index contributed by atoms with van der Waals surface area (Å²) >= 11 is 0. The Morgan fingerprint density at radius 2 is 2.25 bits per heavy atom. The lowest BCUT2D eigenvalue weighted by Gasteiger charge is -2.04. The van der Waals surface area contributed by atoms with Crippen LogP contribution < -0.4 is 5.56 Å². The number of rotatable bonds is 3. The summed E-state index contributed by atoms with van der Waals surface area (Å²) in [6.07, 6.45) is 2.68. The highest BCUT2D eigenvalue weighted by atomic mass is 16.4. The highest BCUT2D eigenvalue weighted by Gasteiger charge is 2.09. The largest absolute Gasteiger partial charge is 0.481 e. The normalized spacial score (nSPS) is 10.8. The van der Waals surface area contributed by atoms with E-state index in [9.17, 15) is 9.59 Å². The molecule has 3 aromatic rings. The van der Waals surface area contributed by atoms with Gasteiger partial charge in [-0.25, -0.2) is 9.67 Å². The second kappa shape index (κ2) is 4.61. The Bertz CT molecular complexity index is 850. The zero-order chi connectivity index (χ0) is 14.1. The molecule has 100 valence electrons. The van der Waals surface area contributed by atoms with Gasteiger partial charge >= 0.3 is 5.97 Å². The van der Waals surface area contributed by atoms with E-state index in [1.807, 2.05) is 0 Å². The molecule has 0 radical (unpaired) electrons. The Kier molecular flexibility index (Phi) is 2.79. The number of nitrogens with zero attached hydrogens (tertiary/aromatic N) is 3. The Labute approximate surface area is 112 Å². The molecule has 1 aromatic carbocycles. The Balaban J connectivity index is 2.14. The van der Waals surface area contributed by atoms with Crippen molar-refractivity contribution >= 4 is 17.0 Å². The molecule has 0 aliphatic carbocycles. The number of H-pyrrole nitrogens is 1. The molecule has 0 fully saturated rings. The van der Waals surface area contributed by atoms with Crippen LogP contribution in [0.5, 0.6) is 0 Å². The number of benzene rings is 1. The molecule has 0 bridgehead atoms. The van der Waals surface area contributed by atoms with Gasteiger partial charge in [0, 0.05) is 0 Å². The molecule has 2 heterocycles. The smallest absolute Gasteiger partial charge is 0.307 e. The van der Waals surface area contributed by atoms with Gasteiger partial charge < -0.3 is 10.1 Å². The molecule has 0 aliphatic rings. The van der Waals surface area contributed by atoms with Crippen LogP contribution in [0, 0.1) is 0 Å². The van der Waals surface area contributed by atoms with Gasteiger partial charge in [-0.05, 0) is 17.7 Å². The van der Waals surface area contributed by atoms with Crippen LogP contribution in [-0.2, 0) is 11.2 Å². The molecular weight excluding hydrogens is 260 g/mol. The number of nitrogens with one attached hydrogen (secondary N) is 1. The lowest BCUT2D eigenvalue weighted by Crippen LogP contribution is -2.07. The zero-order valence-electron chi connectivity index (χ0n) is 10.3. The molecule has 0 saturated heterocycles. The molecule has 0 aliphatic heterocycles. The maximum absolute atomic E-state index is 11.6. The summed E-state index contributed by atoms with van der Waals surface area (Å²) in [5, 5.41) is 13.3. The molecule has 0 atom stereocenters. The molecule has 7 heteroatoms. The fraction of sp³-hybridized carbons (Fsp3) is 0.0769. The summed E-state index contributed by atoms with van der Waals surface area (Å²) in [6, 6.07) is 6.96. The first-order chi connectivity index (χ1) is 9.65. The number of aliphatic carboxylic acids is 1. The number of aromatic nitrogens is 4. The van der Waals surface area contributed by atoms with E-state index in [4.69, 9.17) is 5.11 Å². The van der Waals surface area contributed by atoms with E-state index in [1.54, 1.807) is 24.3 Å². The summed E-state index contributed by atoms with van der Waals surface area (Å²) in [5.74, 6) is -0.901. The Morgan fingerprint density at radius 1 is 1.40 bits per heavy atom. The minimum atomic E-state index is -0.901. The molecule has 20 heavy (non-hydrogen) atoms. The predicted octanol–water partition coefficient (Wildman–Crippen LogP) is 0.736. The minimum absolute atomic E-state index is 0.0684. The van der Waals surface area contributed by atoms with Gasteiger partial charge in [0.05, 0.1) is 24.6 Å². The number of hydrogen-bond donors (Lipinski definition) is 2. The molecule has 2 N–H and O–H groups in total. The van der Waals surface area contributed by atoms with Crippen molar-refractivity contribution in [3.8, 4) is 5.69 Å². The predicted molar refractivity (Wildman–Crippen MR) is 70.8 cm³/mol. The van der Waals surface area contributed by atoms with Crippen LogP contribution in [0.1, 0.15) is 5.56 Å². The number of hydrogen-bond acceptors (Lipinski definition) is 4. The molecule has 3 rings (SSSR count). The van der Waals surface area contributed by atoms with Gasteiger partial charge in [-0.2, -0.15) is 5.10 Å². The van der Waals surface area contributed by atoms with E-state index in [2.05, 4.69) is 15.1 Å². The van der Waals surface area contributed by atoms with E-state index in [1.165, 1.54) is 17.2 Å². The Hall–Kier alpha value is -2.96. The number of fused-ring (bicyclic) bond motifs is 1. The van der Waals surface area contributed by atoms with Crippen molar-refractivity contribution in [2.24, 2.45) is 0 Å². The second-order valence-electron chi connectivity index (χ2n) is 4.27. The van der Waals surface area contributed by atoms with Gasteiger partial charge in [0.25, 0.3) is 5.56 Å². The van der Waals surface area contributed by atoms with Gasteiger partial charge in [-0.15, -0.1) is 0 Å². The lowest BCUT2D eigenvalue weighted by atomic mass is 10.1. The van der Waals surface area contributed by atoms with Crippen LogP contribution in [0.4, 0.5) is 0 Å². The third-order valence-corrected chi connectivity index (χ3v) is 2.88. The van der Waals surface area contributed by atoms with Gasteiger partial charge in [-0.3, -0.25) is 9.59 Å². The molecule has 7 nitrogen and oxygen atoms in total. The summed E-state index contributed by atoms with van der Waals surface area (Å²) < 4.78 is 1.51. The van der Waals surface area contributed by atoms with E-state index >= 15 is 0 Å². The average molecular weight is 270 g/mol. The Morgan fingerprint density at radius 3 is 3.05 bits per heavy atom. The molecular formula is C13H10N4O3. The van der Waals surface area contributed by atoms with Crippen LogP contribution >= 0.6 is 0 Å². The molecule has 0 amide bonds. The number of carboxylic acids is 1. The molecule has 2 aromatic heterocycles. The van der Waals surface area contributed by atoms with Gasteiger partial charge in [-0.1, -0.05) is 12.1 Å². The van der Waals surface area contributed by atoms with Crippen LogP contribution in [-0.4, -0.2) is 30.8 Å². The third kappa shape index (κ3) is 2.05.